The van der Waals surface area contributed by atoms with E-state index in [9.17, 15) is 39.6 Å². The van der Waals surface area contributed by atoms with Gasteiger partial charge in [0.1, 0.15) is 24.4 Å². The third kappa shape index (κ3) is 9.73. The Morgan fingerprint density at radius 3 is 0.667 bits per heavy atom. The zero-order chi connectivity index (χ0) is 16.6. The first kappa shape index (κ1) is 24.3. The normalized spacial score (nSPS) is 15.0. The molecule has 0 saturated heterocycles. The van der Waals surface area contributed by atoms with Crippen LogP contribution < -0.4 is 20.4 Å². The van der Waals surface area contributed by atoms with Crippen molar-refractivity contribution in [3.8, 4) is 0 Å². The first-order chi connectivity index (χ1) is 8.93. The molecular formula is C8H8MnO12-2. The Kier molecular flexibility index (Phi) is 12.7. The molecule has 0 heterocycles. The zero-order valence-electron chi connectivity index (χ0n) is 9.74. The Morgan fingerprint density at radius 2 is 0.619 bits per heavy atom. The minimum atomic E-state index is -2.44. The van der Waals surface area contributed by atoms with Crippen molar-refractivity contribution in [1.82, 2.24) is 0 Å². The van der Waals surface area contributed by atoms with E-state index in [1.54, 1.807) is 0 Å². The molecule has 0 bridgehead atoms. The molecule has 121 valence electrons. The molecule has 0 saturated carbocycles. The summed E-state index contributed by atoms with van der Waals surface area (Å²) in [6.45, 7) is 0. The van der Waals surface area contributed by atoms with E-state index in [0.717, 1.165) is 0 Å². The van der Waals surface area contributed by atoms with Crippen molar-refractivity contribution in [1.29, 1.82) is 0 Å². The summed E-state index contributed by atoms with van der Waals surface area (Å²) in [6, 6.07) is 0. The van der Waals surface area contributed by atoms with Crippen LogP contribution in [0, 0.1) is 0 Å². The fraction of sp³-hybridized carbons (Fsp3) is 0.500. The molecule has 13 heteroatoms. The van der Waals surface area contributed by atoms with Gasteiger partial charge in [-0.25, -0.2) is 0 Å². The van der Waals surface area contributed by atoms with Crippen molar-refractivity contribution in [2.75, 3.05) is 0 Å². The number of aliphatic hydroxyl groups is 4. The first-order valence-corrected chi connectivity index (χ1v) is 4.49. The van der Waals surface area contributed by atoms with Crippen LogP contribution in [0.15, 0.2) is 0 Å². The minimum absolute atomic E-state index is 0. The average molecular weight is 351 g/mol. The van der Waals surface area contributed by atoms with E-state index in [4.69, 9.17) is 20.4 Å². The summed E-state index contributed by atoms with van der Waals surface area (Å²) in [5.74, 6) is -8.23. The van der Waals surface area contributed by atoms with Crippen molar-refractivity contribution in [3.05, 3.63) is 0 Å². The van der Waals surface area contributed by atoms with Crippen LogP contribution in [0.3, 0.4) is 0 Å². The van der Waals surface area contributed by atoms with E-state index in [-0.39, 0.29) is 17.1 Å². The molecule has 0 amide bonds. The molecule has 0 aliphatic heterocycles. The van der Waals surface area contributed by atoms with Gasteiger partial charge in [0.15, 0.2) is 0 Å². The molecule has 0 aromatic carbocycles. The van der Waals surface area contributed by atoms with Gasteiger partial charge in [0.2, 0.25) is 0 Å². The predicted molar refractivity (Wildman–Crippen MR) is 44.1 cm³/mol. The fourth-order valence-electron chi connectivity index (χ4n) is 0.516. The molecule has 0 aromatic heterocycles. The van der Waals surface area contributed by atoms with Crippen LogP contribution >= 0.6 is 0 Å². The van der Waals surface area contributed by atoms with Gasteiger partial charge in [0.05, 0.1) is 23.9 Å². The number of hydrogen-bond donors (Lipinski definition) is 4. The number of carboxylic acid groups (broad SMARTS) is 4. The number of aliphatic hydroxyl groups excluding tert-OH is 4. The van der Waals surface area contributed by atoms with Crippen molar-refractivity contribution < 1.29 is 77.1 Å². The minimum Gasteiger partial charge on any atom is -0.547 e. The molecule has 4 atom stereocenters. The fourth-order valence-corrected chi connectivity index (χ4v) is 0.516. The number of rotatable bonds is 6. The predicted octanol–water partition coefficient (Wildman–Crippen LogP) is -9.59. The van der Waals surface area contributed by atoms with Crippen molar-refractivity contribution in [2.45, 2.75) is 24.4 Å². The zero-order valence-corrected chi connectivity index (χ0v) is 10.9. The molecular weight excluding hydrogens is 343 g/mol. The molecule has 0 rings (SSSR count). The van der Waals surface area contributed by atoms with Crippen LogP contribution in [0.2, 0.25) is 0 Å². The molecule has 21 heavy (non-hydrogen) atoms. The van der Waals surface area contributed by atoms with E-state index in [0.29, 0.717) is 0 Å². The summed E-state index contributed by atoms with van der Waals surface area (Å²) in [4.78, 5) is 38.5. The van der Waals surface area contributed by atoms with E-state index in [1.807, 2.05) is 0 Å². The third-order valence-corrected chi connectivity index (χ3v) is 1.56. The van der Waals surface area contributed by atoms with Crippen molar-refractivity contribution in [3.63, 3.8) is 0 Å². The number of carbonyl (C=O) groups is 4. The van der Waals surface area contributed by atoms with Gasteiger partial charge in [-0.15, -0.1) is 0 Å². The summed E-state index contributed by atoms with van der Waals surface area (Å²) >= 11 is 0. The second-order valence-electron chi connectivity index (χ2n) is 3.06. The van der Waals surface area contributed by atoms with Crippen LogP contribution in [0.5, 0.6) is 0 Å². The largest absolute Gasteiger partial charge is 2.00 e. The molecule has 1 radical (unpaired) electrons. The van der Waals surface area contributed by atoms with Crippen molar-refractivity contribution in [2.24, 2.45) is 0 Å². The van der Waals surface area contributed by atoms with Crippen molar-refractivity contribution >= 4 is 23.9 Å². The Labute approximate surface area is 126 Å². The van der Waals surface area contributed by atoms with E-state index >= 15 is 0 Å². The summed E-state index contributed by atoms with van der Waals surface area (Å²) < 4.78 is 0. The molecule has 4 unspecified atom stereocenters. The first-order valence-electron chi connectivity index (χ1n) is 4.49. The molecule has 4 N–H and O–H groups in total. The van der Waals surface area contributed by atoms with Gasteiger partial charge in [-0.1, -0.05) is 0 Å². The van der Waals surface area contributed by atoms with Gasteiger partial charge in [0.25, 0.3) is 0 Å². The molecule has 0 aromatic rings. The Morgan fingerprint density at radius 1 is 0.524 bits per heavy atom. The maximum absolute atomic E-state index is 9.63. The van der Waals surface area contributed by atoms with Gasteiger partial charge in [0, 0.05) is 0 Å². The van der Waals surface area contributed by atoms with Crippen LogP contribution in [-0.2, 0) is 36.2 Å². The quantitative estimate of drug-likeness (QED) is 0.326. The monoisotopic (exact) mass is 351 g/mol. The van der Waals surface area contributed by atoms with Gasteiger partial charge >= 0.3 is 17.1 Å². The smallest absolute Gasteiger partial charge is 0.547 e. The Hall–Kier alpha value is -1.76. The molecule has 0 aliphatic rings. The van der Waals surface area contributed by atoms with E-state index < -0.39 is 48.3 Å². The Balaban J connectivity index is -0.000000295. The second kappa shape index (κ2) is 11.0. The number of aliphatic carboxylic acids is 4. The molecule has 0 aliphatic carbocycles. The van der Waals surface area contributed by atoms with E-state index in [2.05, 4.69) is 0 Å². The summed E-state index contributed by atoms with van der Waals surface area (Å²) in [5.41, 5.74) is 0. The average Bonchev–Trinajstić information content (AvgIpc) is 2.35. The Bertz CT molecular complexity index is 309. The van der Waals surface area contributed by atoms with Gasteiger partial charge in [-0.05, 0) is 0 Å². The van der Waals surface area contributed by atoms with Crippen LogP contribution in [0.4, 0.5) is 0 Å². The maximum atomic E-state index is 9.63. The number of hydrogen-bond acceptors (Lipinski definition) is 12. The van der Waals surface area contributed by atoms with Crippen LogP contribution in [0.25, 0.3) is 0 Å². The second-order valence-corrected chi connectivity index (χ2v) is 3.06. The SMILES string of the molecule is O=C([O-])C(O)C(O)C(=O)[O-].O=C([O-])C(O)C(O)C(=O)[O-].[Mn+2]. The van der Waals surface area contributed by atoms with Gasteiger partial charge < -0.3 is 60.0 Å². The van der Waals surface area contributed by atoms with Gasteiger partial charge in [-0.2, -0.15) is 0 Å². The van der Waals surface area contributed by atoms with Crippen LogP contribution in [0.1, 0.15) is 0 Å². The number of carbonyl (C=O) groups excluding carboxylic acids is 4. The van der Waals surface area contributed by atoms with E-state index in [1.165, 1.54) is 0 Å². The molecule has 12 nitrogen and oxygen atoms in total. The van der Waals surface area contributed by atoms with Crippen LogP contribution in [-0.4, -0.2) is 68.7 Å². The summed E-state index contributed by atoms with van der Waals surface area (Å²) in [7, 11) is 0. The number of carboxylic acids is 4. The molecule has 0 spiro atoms. The topological polar surface area (TPSA) is 241 Å². The summed E-state index contributed by atoms with van der Waals surface area (Å²) in [5, 5.41) is 71.5. The summed E-state index contributed by atoms with van der Waals surface area (Å²) in [6.07, 6.45) is -9.76. The molecule has 0 fully saturated rings. The third-order valence-electron chi connectivity index (χ3n) is 1.56. The maximum Gasteiger partial charge on any atom is 2.00 e. The standard InChI is InChI=1S/2C4H6O6.Mn/c2*5-1(3(7)8)2(6)4(9)10;/h2*1-2,5-6H,(H,7,8)(H,9,10);/q;;+2/p-4. The van der Waals surface area contributed by atoms with Gasteiger partial charge in [-0.3, -0.25) is 0 Å².